The van der Waals surface area contributed by atoms with Crippen molar-refractivity contribution >= 4 is 98.8 Å². The van der Waals surface area contributed by atoms with E-state index < -0.39 is 0 Å². The van der Waals surface area contributed by atoms with Crippen LogP contribution >= 0.6 is 0 Å². The summed E-state index contributed by atoms with van der Waals surface area (Å²) in [7, 11) is 0. The van der Waals surface area contributed by atoms with E-state index in [0.717, 1.165) is 211 Å². The van der Waals surface area contributed by atoms with Gasteiger partial charge in [0.05, 0.1) is 56.1 Å². The lowest BCUT2D eigenvalue weighted by molar-refractivity contribution is 0.668. The van der Waals surface area contributed by atoms with Crippen molar-refractivity contribution in [3.05, 3.63) is 437 Å². The Morgan fingerprint density at radius 2 is 0.431 bits per heavy atom. The molecular weight excluding hydrogens is 1500 g/mol. The fourth-order valence-electron chi connectivity index (χ4n) is 16.8. The molecule has 0 amide bonds. The van der Waals surface area contributed by atoms with Crippen LogP contribution in [0.15, 0.2) is 450 Å². The Hall–Kier alpha value is -16.6. The van der Waals surface area contributed by atoms with Crippen molar-refractivity contribution < 1.29 is 13.3 Å². The van der Waals surface area contributed by atoms with Crippen molar-refractivity contribution in [2.45, 2.75) is 0 Å². The third-order valence-corrected chi connectivity index (χ3v) is 23.1. The summed E-state index contributed by atoms with van der Waals surface area (Å²) in [6.07, 6.45) is 0. The minimum Gasteiger partial charge on any atom is -0.456 e. The third-order valence-electron chi connectivity index (χ3n) is 23.1. The lowest BCUT2D eigenvalue weighted by atomic mass is 9.97. The van der Waals surface area contributed by atoms with Gasteiger partial charge in [-0.3, -0.25) is 0 Å². The van der Waals surface area contributed by atoms with Gasteiger partial charge in [0.15, 0.2) is 5.82 Å². The number of para-hydroxylation sites is 4. The number of hydrogen-bond donors (Lipinski definition) is 0. The van der Waals surface area contributed by atoms with Gasteiger partial charge in [-0.25, -0.2) is 29.9 Å². The predicted molar refractivity (Wildman–Crippen MR) is 506 cm³/mol. The highest BCUT2D eigenvalue weighted by Crippen LogP contribution is 2.42. The molecule has 9 heteroatoms. The summed E-state index contributed by atoms with van der Waals surface area (Å²) >= 11 is 0. The molecule has 0 unspecified atom stereocenters. The normalized spacial score (nSPS) is 11.4. The van der Waals surface area contributed by atoms with Gasteiger partial charge in [0.2, 0.25) is 0 Å². The van der Waals surface area contributed by atoms with E-state index in [1.54, 1.807) is 0 Å². The first-order valence-electron chi connectivity index (χ1n) is 41.3. The van der Waals surface area contributed by atoms with Gasteiger partial charge in [-0.15, -0.1) is 0 Å². The Kier molecular flexibility index (Phi) is 18.8. The minimum atomic E-state index is 0.733. The van der Waals surface area contributed by atoms with E-state index in [2.05, 4.69) is 297 Å². The quantitative estimate of drug-likeness (QED) is 0.118. The van der Waals surface area contributed by atoms with Crippen LogP contribution in [0.5, 0.6) is 0 Å². The van der Waals surface area contributed by atoms with Crippen molar-refractivity contribution in [1.29, 1.82) is 0 Å². The second-order valence-electron chi connectivity index (χ2n) is 30.7. The van der Waals surface area contributed by atoms with Crippen molar-refractivity contribution in [2.24, 2.45) is 0 Å². The lowest BCUT2D eigenvalue weighted by Gasteiger charge is -2.13. The highest BCUT2D eigenvalue weighted by atomic mass is 16.3. The first kappa shape index (κ1) is 72.8. The maximum absolute atomic E-state index is 6.03. The van der Waals surface area contributed by atoms with Gasteiger partial charge in [-0.2, -0.15) is 0 Å². The van der Waals surface area contributed by atoms with Gasteiger partial charge in [0.1, 0.15) is 33.5 Å². The predicted octanol–water partition coefficient (Wildman–Crippen LogP) is 30.6. The van der Waals surface area contributed by atoms with Crippen LogP contribution in [0.1, 0.15) is 0 Å². The Bertz CT molecular complexity index is 8020. The Morgan fingerprint density at radius 1 is 0.138 bits per heavy atom. The van der Waals surface area contributed by atoms with Crippen LogP contribution in [0, 0.1) is 0 Å². The number of hydrogen-bond acceptors (Lipinski definition) is 9. The van der Waals surface area contributed by atoms with Crippen LogP contribution in [-0.2, 0) is 0 Å². The number of rotatable bonds is 12. The zero-order chi connectivity index (χ0) is 81.5. The van der Waals surface area contributed by atoms with Gasteiger partial charge < -0.3 is 13.3 Å². The molecule has 0 N–H and O–H groups in total. The average molecular weight is 1570 g/mol. The van der Waals surface area contributed by atoms with Gasteiger partial charge in [-0.05, 0) is 146 Å². The number of furan rings is 3. The molecule has 24 rings (SSSR count). The molecule has 0 atom stereocenters. The maximum atomic E-state index is 6.03. The van der Waals surface area contributed by atoms with Crippen molar-refractivity contribution in [3.63, 3.8) is 0 Å². The SMILES string of the molecule is c1ccc(-c2nc(-c3ccccc3)c3cc(-c4ccc(-c5ccc6oc7ccccc7c6c5)cc4)ccc3n2)cc1.c1ccc(-c2nc3ccc(-c4ccc(-c5ccc6oc7ccccc7c6c5)cc4)cc3nc2-c2ccccc2)cc1.c1ccc(-c2nc3cccc(-c4ccc(-c5ccc6oc7ccccc7c6c5)cc4)c3nc2-c2ccccc2)cc1. The summed E-state index contributed by atoms with van der Waals surface area (Å²) in [5.74, 6) is 0.733. The molecule has 18 aromatic carbocycles. The average Bonchev–Trinajstić information content (AvgIpc) is 1.48. The fraction of sp³-hybridized carbons (Fsp3) is 0. The van der Waals surface area contributed by atoms with Gasteiger partial charge in [0.25, 0.3) is 0 Å². The molecule has 0 bridgehead atoms. The second-order valence-corrected chi connectivity index (χ2v) is 30.7. The van der Waals surface area contributed by atoms with Crippen LogP contribution in [0.4, 0.5) is 0 Å². The highest BCUT2D eigenvalue weighted by molar-refractivity contribution is 6.09. The molecule has 0 fully saturated rings. The molecule has 0 saturated heterocycles. The van der Waals surface area contributed by atoms with Crippen LogP contribution < -0.4 is 0 Å². The molecule has 576 valence electrons. The Labute approximate surface area is 708 Å². The van der Waals surface area contributed by atoms with Crippen LogP contribution in [0.3, 0.4) is 0 Å². The molecular formula is C114H72N6O3. The molecule has 123 heavy (non-hydrogen) atoms. The van der Waals surface area contributed by atoms with Crippen LogP contribution in [-0.4, -0.2) is 29.9 Å². The van der Waals surface area contributed by atoms with Crippen molar-refractivity contribution in [1.82, 2.24) is 29.9 Å². The van der Waals surface area contributed by atoms with E-state index in [1.807, 2.05) is 140 Å². The smallest absolute Gasteiger partial charge is 0.160 e. The molecule has 9 nitrogen and oxygen atoms in total. The number of aromatic nitrogens is 6. The maximum Gasteiger partial charge on any atom is 0.160 e. The zero-order valence-electron chi connectivity index (χ0n) is 66.5. The van der Waals surface area contributed by atoms with E-state index >= 15 is 0 Å². The third kappa shape index (κ3) is 14.2. The lowest BCUT2D eigenvalue weighted by Crippen LogP contribution is -1.97. The van der Waals surface area contributed by atoms with Gasteiger partial charge in [-0.1, -0.05) is 352 Å². The monoisotopic (exact) mass is 1570 g/mol. The minimum absolute atomic E-state index is 0.733. The summed E-state index contributed by atoms with van der Waals surface area (Å²) in [5, 5.41) is 7.87. The Morgan fingerprint density at radius 3 is 0.837 bits per heavy atom. The molecule has 6 heterocycles. The summed E-state index contributed by atoms with van der Waals surface area (Å²) in [6, 6.07) is 151. The summed E-state index contributed by atoms with van der Waals surface area (Å²) in [6.45, 7) is 0. The summed E-state index contributed by atoms with van der Waals surface area (Å²) in [5.41, 5.74) is 34.4. The van der Waals surface area contributed by atoms with Gasteiger partial charge in [0, 0.05) is 76.6 Å². The van der Waals surface area contributed by atoms with E-state index in [9.17, 15) is 0 Å². The highest BCUT2D eigenvalue weighted by Gasteiger charge is 2.21. The molecule has 0 aliphatic carbocycles. The van der Waals surface area contributed by atoms with Crippen LogP contribution in [0.2, 0.25) is 0 Å². The number of nitrogens with zero attached hydrogens (tertiary/aromatic N) is 6. The van der Waals surface area contributed by atoms with E-state index in [0.29, 0.717) is 0 Å². The van der Waals surface area contributed by atoms with Crippen molar-refractivity contribution in [3.8, 4) is 134 Å². The summed E-state index contributed by atoms with van der Waals surface area (Å²) < 4.78 is 18.1. The van der Waals surface area contributed by atoms with Gasteiger partial charge >= 0.3 is 0 Å². The molecule has 0 aliphatic rings. The molecule has 0 saturated carbocycles. The van der Waals surface area contributed by atoms with E-state index in [-0.39, 0.29) is 0 Å². The van der Waals surface area contributed by atoms with E-state index in [4.69, 9.17) is 43.2 Å². The van der Waals surface area contributed by atoms with E-state index in [1.165, 1.54) is 22.3 Å². The Balaban J connectivity index is 0.000000110. The molecule has 0 spiro atoms. The number of benzene rings is 18. The second kappa shape index (κ2) is 31.7. The molecule has 24 aromatic rings. The topological polar surface area (TPSA) is 117 Å². The zero-order valence-corrected chi connectivity index (χ0v) is 66.5. The largest absolute Gasteiger partial charge is 0.456 e. The number of fused-ring (bicyclic) bond motifs is 12. The molecule has 6 aromatic heterocycles. The summed E-state index contributed by atoms with van der Waals surface area (Å²) in [4.78, 5) is 30.6. The standard InChI is InChI=1S/3C38H24N2O/c1-3-10-27(11-4-1)36-37(28-12-5-2-6-13-28)40-38-30(15-9-16-33(38)39-36)26-20-18-25(19-21-26)29-22-23-35-32(24-29)31-14-7-8-17-34(31)41-35;1-3-9-27(10-4-1)37-38(28-11-5-2-6-12-28)40-34-24-30(19-21-33(34)39-37)26-17-15-25(16-18-26)29-20-22-36-32(23-29)31-13-7-8-14-35(31)41-36;1-3-9-27(10-4-1)37-33-24-29(19-21-34(33)39-38(40-37)28-11-5-2-6-12-28)25-15-17-26(18-16-25)30-20-22-36-32(23-30)31-13-7-8-14-35(31)41-36/h3*1-24H. The molecule has 0 aliphatic heterocycles. The fourth-order valence-corrected chi connectivity index (χ4v) is 16.8. The van der Waals surface area contributed by atoms with Crippen molar-refractivity contribution in [2.75, 3.05) is 0 Å². The first-order valence-corrected chi connectivity index (χ1v) is 41.3. The first-order chi connectivity index (χ1) is 60.9. The van der Waals surface area contributed by atoms with Crippen LogP contribution in [0.25, 0.3) is 233 Å². The molecule has 0 radical (unpaired) electrons.